The van der Waals surface area contributed by atoms with Crippen LogP contribution in [0.15, 0.2) is 47.5 Å². The van der Waals surface area contributed by atoms with E-state index in [0.717, 1.165) is 58.2 Å². The second kappa shape index (κ2) is 11.9. The predicted octanol–water partition coefficient (Wildman–Crippen LogP) is 4.09. The first-order valence-corrected chi connectivity index (χ1v) is 13.4. The van der Waals surface area contributed by atoms with E-state index in [1.54, 1.807) is 24.3 Å². The lowest BCUT2D eigenvalue weighted by Crippen LogP contribution is -2.46. The maximum Gasteiger partial charge on any atom is 0.259 e. The van der Waals surface area contributed by atoms with E-state index in [-0.39, 0.29) is 40.9 Å². The highest BCUT2D eigenvalue weighted by molar-refractivity contribution is 5.99. The number of nitrogens with one attached hydrogen (secondary N) is 1. The van der Waals surface area contributed by atoms with Crippen LogP contribution in [0.5, 0.6) is 0 Å². The molecule has 1 saturated heterocycles. The molecule has 0 bridgehead atoms. The van der Waals surface area contributed by atoms with E-state index in [2.05, 4.69) is 34.5 Å². The Balaban J connectivity index is 1.48. The van der Waals surface area contributed by atoms with Crippen molar-refractivity contribution in [1.29, 1.82) is 0 Å². The summed E-state index contributed by atoms with van der Waals surface area (Å²) in [6.07, 6.45) is 9.27. The second-order valence-corrected chi connectivity index (χ2v) is 10.9. The lowest BCUT2D eigenvalue weighted by Gasteiger charge is -2.32. The number of amides is 2. The van der Waals surface area contributed by atoms with Gasteiger partial charge < -0.3 is 14.8 Å². The van der Waals surface area contributed by atoms with E-state index in [4.69, 9.17) is 0 Å². The summed E-state index contributed by atoms with van der Waals surface area (Å²) in [5.41, 5.74) is 0.994. The van der Waals surface area contributed by atoms with Crippen LogP contribution in [0.4, 0.5) is 0 Å². The molecule has 0 spiro atoms. The van der Waals surface area contributed by atoms with Crippen LogP contribution in [0.3, 0.4) is 0 Å². The molecule has 4 rings (SSSR count). The number of rotatable bonds is 8. The third-order valence-corrected chi connectivity index (χ3v) is 7.42. The molecule has 0 atom stereocenters. The minimum absolute atomic E-state index is 0.0202. The number of benzene rings is 1. The molecule has 1 N–H and O–H groups in total. The van der Waals surface area contributed by atoms with Crippen LogP contribution in [-0.4, -0.2) is 58.9 Å². The normalized spacial score (nSPS) is 17.4. The smallest absolute Gasteiger partial charge is 0.259 e. The zero-order chi connectivity index (χ0) is 25.7. The minimum Gasteiger partial charge on any atom is -0.349 e. The molecule has 0 radical (unpaired) electrons. The molecule has 7 nitrogen and oxygen atoms in total. The molecule has 7 heteroatoms. The highest BCUT2D eigenvalue weighted by atomic mass is 16.2. The number of hydrogen-bond donors (Lipinski definition) is 1. The van der Waals surface area contributed by atoms with Crippen LogP contribution in [0, 0.1) is 5.92 Å². The number of aromatic nitrogens is 1. The molecule has 1 aromatic carbocycles. The summed E-state index contributed by atoms with van der Waals surface area (Å²) in [6, 6.07) is 10.6. The average molecular weight is 493 g/mol. The Morgan fingerprint density at radius 2 is 1.64 bits per heavy atom. The van der Waals surface area contributed by atoms with Crippen molar-refractivity contribution in [3.05, 3.63) is 69.6 Å². The van der Waals surface area contributed by atoms with Gasteiger partial charge in [0.25, 0.3) is 11.8 Å². The SMILES string of the molecule is CC(C)CN(C)C(=O)c1cn(C2CCCC2)cc(C(=O)NC2CCN(Cc3ccccc3)CC2)c1=O. The maximum atomic E-state index is 13.4. The molecular formula is C29H40N4O3. The van der Waals surface area contributed by atoms with Gasteiger partial charge in [-0.1, -0.05) is 57.0 Å². The van der Waals surface area contributed by atoms with Crippen LogP contribution < -0.4 is 10.7 Å². The fourth-order valence-electron chi connectivity index (χ4n) is 5.50. The fraction of sp³-hybridized carbons (Fsp3) is 0.552. The predicted molar refractivity (Wildman–Crippen MR) is 142 cm³/mol. The number of likely N-dealkylation sites (tertiary alicyclic amines) is 1. The van der Waals surface area contributed by atoms with Gasteiger partial charge in [-0.05, 0) is 37.2 Å². The molecule has 1 aliphatic heterocycles. The molecule has 2 amide bonds. The quantitative estimate of drug-likeness (QED) is 0.603. The van der Waals surface area contributed by atoms with Gasteiger partial charge in [0.05, 0.1) is 0 Å². The van der Waals surface area contributed by atoms with Crippen LogP contribution in [0.2, 0.25) is 0 Å². The Morgan fingerprint density at radius 1 is 1.00 bits per heavy atom. The molecule has 1 aromatic heterocycles. The topological polar surface area (TPSA) is 74.7 Å². The van der Waals surface area contributed by atoms with E-state index >= 15 is 0 Å². The van der Waals surface area contributed by atoms with Gasteiger partial charge >= 0.3 is 0 Å². The van der Waals surface area contributed by atoms with E-state index in [1.165, 1.54) is 5.56 Å². The number of carbonyl (C=O) groups excluding carboxylic acids is 2. The molecular weight excluding hydrogens is 452 g/mol. The highest BCUT2D eigenvalue weighted by Crippen LogP contribution is 2.29. The van der Waals surface area contributed by atoms with Gasteiger partial charge in [-0.15, -0.1) is 0 Å². The van der Waals surface area contributed by atoms with Gasteiger partial charge in [-0.3, -0.25) is 19.3 Å². The summed E-state index contributed by atoms with van der Waals surface area (Å²) in [7, 11) is 1.72. The van der Waals surface area contributed by atoms with Gasteiger partial charge in [-0.25, -0.2) is 0 Å². The minimum atomic E-state index is -0.469. The van der Waals surface area contributed by atoms with Crippen molar-refractivity contribution in [2.45, 2.75) is 71.0 Å². The van der Waals surface area contributed by atoms with E-state index in [0.29, 0.717) is 6.54 Å². The third kappa shape index (κ3) is 6.44. The van der Waals surface area contributed by atoms with E-state index < -0.39 is 5.43 Å². The Kier molecular flexibility index (Phi) is 8.62. The van der Waals surface area contributed by atoms with Crippen molar-refractivity contribution < 1.29 is 9.59 Å². The van der Waals surface area contributed by atoms with Crippen molar-refractivity contribution >= 4 is 11.8 Å². The summed E-state index contributed by atoms with van der Waals surface area (Å²) in [5, 5.41) is 3.10. The van der Waals surface area contributed by atoms with Crippen molar-refractivity contribution in [1.82, 2.24) is 19.7 Å². The molecule has 194 valence electrons. The summed E-state index contributed by atoms with van der Waals surface area (Å²) in [6.45, 7) is 7.32. The first-order chi connectivity index (χ1) is 17.3. The van der Waals surface area contributed by atoms with Crippen LogP contribution in [0.1, 0.15) is 84.7 Å². The number of hydrogen-bond acceptors (Lipinski definition) is 4. The number of piperidine rings is 1. The summed E-state index contributed by atoms with van der Waals surface area (Å²) in [5.74, 6) is -0.394. The molecule has 2 heterocycles. The van der Waals surface area contributed by atoms with Gasteiger partial charge in [0.15, 0.2) is 0 Å². The van der Waals surface area contributed by atoms with Crippen molar-refractivity contribution in [3.8, 4) is 0 Å². The molecule has 0 unspecified atom stereocenters. The Bertz CT molecular complexity index is 1100. The Labute approximate surface area is 214 Å². The first kappa shape index (κ1) is 26.1. The zero-order valence-corrected chi connectivity index (χ0v) is 21.9. The average Bonchev–Trinajstić information content (AvgIpc) is 3.40. The van der Waals surface area contributed by atoms with Crippen LogP contribution in [-0.2, 0) is 6.54 Å². The molecule has 1 aliphatic carbocycles. The highest BCUT2D eigenvalue weighted by Gasteiger charge is 2.27. The lowest BCUT2D eigenvalue weighted by molar-refractivity contribution is 0.0776. The Hall–Kier alpha value is -2.93. The van der Waals surface area contributed by atoms with E-state index in [9.17, 15) is 14.4 Å². The van der Waals surface area contributed by atoms with Crippen LogP contribution >= 0.6 is 0 Å². The van der Waals surface area contributed by atoms with Crippen molar-refractivity contribution in [2.75, 3.05) is 26.7 Å². The Morgan fingerprint density at radius 3 is 2.28 bits per heavy atom. The first-order valence-electron chi connectivity index (χ1n) is 13.4. The summed E-state index contributed by atoms with van der Waals surface area (Å²) < 4.78 is 1.95. The second-order valence-electron chi connectivity index (χ2n) is 10.9. The molecule has 2 aliphatic rings. The number of nitrogens with zero attached hydrogens (tertiary/aromatic N) is 3. The standard InChI is InChI=1S/C29H40N4O3/c1-21(2)17-31(3)29(36)26-20-33(24-11-7-8-12-24)19-25(27(26)34)28(35)30-23-13-15-32(16-14-23)18-22-9-5-4-6-10-22/h4-6,9-10,19-21,23-24H,7-8,11-18H2,1-3H3,(H,30,35). The molecule has 2 aromatic rings. The molecule has 36 heavy (non-hydrogen) atoms. The van der Waals surface area contributed by atoms with Crippen LogP contribution in [0.25, 0.3) is 0 Å². The van der Waals surface area contributed by atoms with E-state index in [1.807, 2.05) is 24.5 Å². The number of pyridine rings is 1. The largest absolute Gasteiger partial charge is 0.349 e. The third-order valence-electron chi connectivity index (χ3n) is 7.42. The summed E-state index contributed by atoms with van der Waals surface area (Å²) >= 11 is 0. The maximum absolute atomic E-state index is 13.4. The van der Waals surface area contributed by atoms with Crippen molar-refractivity contribution in [2.24, 2.45) is 5.92 Å². The monoisotopic (exact) mass is 492 g/mol. The van der Waals surface area contributed by atoms with Crippen molar-refractivity contribution in [3.63, 3.8) is 0 Å². The summed E-state index contributed by atoms with van der Waals surface area (Å²) in [4.78, 5) is 43.9. The van der Waals surface area contributed by atoms with Gasteiger partial charge in [0.1, 0.15) is 11.1 Å². The van der Waals surface area contributed by atoms with Gasteiger partial charge in [0.2, 0.25) is 5.43 Å². The fourth-order valence-corrected chi connectivity index (χ4v) is 5.50. The molecule has 1 saturated carbocycles. The zero-order valence-electron chi connectivity index (χ0n) is 21.9. The lowest BCUT2D eigenvalue weighted by atomic mass is 10.0. The number of carbonyl (C=O) groups is 2. The molecule has 2 fully saturated rings. The van der Waals surface area contributed by atoms with Gasteiger partial charge in [-0.2, -0.15) is 0 Å². The van der Waals surface area contributed by atoms with Gasteiger partial charge in [0, 0.05) is 57.7 Å².